The van der Waals surface area contributed by atoms with E-state index in [2.05, 4.69) is 25.2 Å². The molecule has 0 spiro atoms. The molecule has 4 heterocycles. The van der Waals surface area contributed by atoms with E-state index < -0.39 is 6.67 Å². The summed E-state index contributed by atoms with van der Waals surface area (Å²) in [5, 5.41) is 8.36. The molecule has 0 aromatic carbocycles. The molecule has 0 saturated heterocycles. The topological polar surface area (TPSA) is 67.7 Å². The Bertz CT molecular complexity index is 1040. The first-order valence-corrected chi connectivity index (χ1v) is 7.97. The second kappa shape index (κ2) is 6.35. The molecular formula is C18H17FN6. The molecule has 7 heteroatoms. The Morgan fingerprint density at radius 3 is 2.80 bits per heavy atom. The van der Waals surface area contributed by atoms with E-state index in [4.69, 9.17) is 4.98 Å². The first-order valence-electron chi connectivity index (χ1n) is 7.97. The Hall–Kier alpha value is -3.22. The van der Waals surface area contributed by atoms with E-state index in [0.29, 0.717) is 0 Å². The number of hydrogen-bond acceptors (Lipinski definition) is 5. The minimum atomic E-state index is -0.425. The van der Waals surface area contributed by atoms with Crippen molar-refractivity contribution in [3.05, 3.63) is 49.1 Å². The normalized spacial score (nSPS) is 11.1. The lowest BCUT2D eigenvalue weighted by Crippen LogP contribution is -2.04. The van der Waals surface area contributed by atoms with E-state index in [0.717, 1.165) is 39.1 Å². The van der Waals surface area contributed by atoms with Crippen molar-refractivity contribution in [3.63, 3.8) is 0 Å². The van der Waals surface area contributed by atoms with Gasteiger partial charge in [0.1, 0.15) is 18.1 Å². The van der Waals surface area contributed by atoms with Crippen LogP contribution in [0.3, 0.4) is 0 Å². The Morgan fingerprint density at radius 1 is 1.04 bits per heavy atom. The average molecular weight is 336 g/mol. The highest BCUT2D eigenvalue weighted by molar-refractivity contribution is 6.06. The van der Waals surface area contributed by atoms with Gasteiger partial charge in [-0.2, -0.15) is 0 Å². The molecule has 0 bridgehead atoms. The monoisotopic (exact) mass is 336 g/mol. The molecule has 0 amide bonds. The highest BCUT2D eigenvalue weighted by atomic mass is 19.1. The van der Waals surface area contributed by atoms with Crippen molar-refractivity contribution < 1.29 is 4.39 Å². The molecule has 0 aliphatic heterocycles. The molecule has 0 radical (unpaired) electrons. The summed E-state index contributed by atoms with van der Waals surface area (Å²) in [4.78, 5) is 13.1. The fraction of sp³-hybridized carbons (Fsp3) is 0.167. The summed E-state index contributed by atoms with van der Waals surface area (Å²) >= 11 is 0. The van der Waals surface area contributed by atoms with Gasteiger partial charge < -0.3 is 15.2 Å². The highest BCUT2D eigenvalue weighted by Crippen LogP contribution is 2.28. The minimum Gasteiger partial charge on any atom is -0.381 e. The van der Waals surface area contributed by atoms with Gasteiger partial charge in [0.2, 0.25) is 0 Å². The predicted octanol–water partition coefficient (Wildman–Crippen LogP) is 3.64. The van der Waals surface area contributed by atoms with E-state index >= 15 is 0 Å². The van der Waals surface area contributed by atoms with Crippen molar-refractivity contribution in [1.29, 1.82) is 0 Å². The van der Waals surface area contributed by atoms with E-state index in [1.807, 2.05) is 37.5 Å². The number of alkyl halides is 1. The highest BCUT2D eigenvalue weighted by Gasteiger charge is 2.10. The van der Waals surface area contributed by atoms with Gasteiger partial charge in [0.15, 0.2) is 0 Å². The standard InChI is InChI=1S/C18H17FN6/c1-25-16-4-6-20-11-15(16)14-2-3-17(24-18(14)25)23-13-8-12(9-21-10-13)22-7-5-19/h2-4,6,8-11,22H,5,7H2,1H3,(H,23,24). The number of nitrogens with zero attached hydrogens (tertiary/aromatic N) is 4. The average Bonchev–Trinajstić information content (AvgIpc) is 2.93. The molecule has 4 rings (SSSR count). The lowest BCUT2D eigenvalue weighted by Gasteiger charge is -2.08. The van der Waals surface area contributed by atoms with Crippen LogP contribution in [-0.2, 0) is 7.05 Å². The molecule has 0 atom stereocenters. The van der Waals surface area contributed by atoms with Gasteiger partial charge in [0.25, 0.3) is 0 Å². The SMILES string of the molecule is Cn1c2ccncc2c2ccc(Nc3cncc(NCCF)c3)nc21. The minimum absolute atomic E-state index is 0.263. The first kappa shape index (κ1) is 15.3. The van der Waals surface area contributed by atoms with Crippen molar-refractivity contribution in [1.82, 2.24) is 19.5 Å². The lowest BCUT2D eigenvalue weighted by atomic mass is 10.2. The van der Waals surface area contributed by atoms with Gasteiger partial charge in [-0.1, -0.05) is 0 Å². The van der Waals surface area contributed by atoms with Crippen LogP contribution in [0.5, 0.6) is 0 Å². The van der Waals surface area contributed by atoms with Gasteiger partial charge in [-0.05, 0) is 24.3 Å². The van der Waals surface area contributed by atoms with Gasteiger partial charge in [-0.25, -0.2) is 9.37 Å². The summed E-state index contributed by atoms with van der Waals surface area (Å²) in [5.41, 5.74) is 3.52. The quantitative estimate of drug-likeness (QED) is 0.582. The second-order valence-electron chi connectivity index (χ2n) is 5.72. The zero-order chi connectivity index (χ0) is 17.2. The van der Waals surface area contributed by atoms with Crippen LogP contribution < -0.4 is 10.6 Å². The van der Waals surface area contributed by atoms with E-state index in [9.17, 15) is 4.39 Å². The summed E-state index contributed by atoms with van der Waals surface area (Å²) in [6, 6.07) is 7.82. The van der Waals surface area contributed by atoms with Crippen molar-refractivity contribution in [2.24, 2.45) is 7.05 Å². The lowest BCUT2D eigenvalue weighted by molar-refractivity contribution is 0.512. The summed E-state index contributed by atoms with van der Waals surface area (Å²) in [6.45, 7) is -0.162. The Morgan fingerprint density at radius 2 is 1.92 bits per heavy atom. The molecule has 126 valence electrons. The summed E-state index contributed by atoms with van der Waals surface area (Å²) in [7, 11) is 1.99. The van der Waals surface area contributed by atoms with Crippen LogP contribution in [0.25, 0.3) is 21.9 Å². The van der Waals surface area contributed by atoms with Crippen LogP contribution >= 0.6 is 0 Å². The molecule has 4 aromatic rings. The van der Waals surface area contributed by atoms with Gasteiger partial charge in [-0.3, -0.25) is 9.97 Å². The third kappa shape index (κ3) is 2.84. The van der Waals surface area contributed by atoms with Crippen LogP contribution in [0, 0.1) is 0 Å². The number of hydrogen-bond donors (Lipinski definition) is 2. The number of anilines is 3. The number of halogens is 1. The zero-order valence-electron chi connectivity index (χ0n) is 13.7. The zero-order valence-corrected chi connectivity index (χ0v) is 13.7. The van der Waals surface area contributed by atoms with Crippen LogP contribution in [0.4, 0.5) is 21.6 Å². The molecule has 0 saturated carbocycles. The molecule has 0 aliphatic rings. The summed E-state index contributed by atoms with van der Waals surface area (Å²) in [6.07, 6.45) is 7.00. The Balaban J connectivity index is 1.68. The van der Waals surface area contributed by atoms with Crippen LogP contribution in [0.15, 0.2) is 49.1 Å². The number of pyridine rings is 3. The maximum Gasteiger partial charge on any atom is 0.143 e. The molecule has 0 aliphatic carbocycles. The number of aromatic nitrogens is 4. The first-order chi connectivity index (χ1) is 12.3. The Kier molecular flexibility index (Phi) is 3.89. The van der Waals surface area contributed by atoms with Crippen molar-refractivity contribution in [3.8, 4) is 0 Å². The van der Waals surface area contributed by atoms with Crippen LogP contribution in [-0.4, -0.2) is 32.7 Å². The molecule has 25 heavy (non-hydrogen) atoms. The number of aryl methyl sites for hydroxylation is 1. The third-order valence-corrected chi connectivity index (χ3v) is 4.08. The molecule has 0 unspecified atom stereocenters. The maximum atomic E-state index is 12.3. The Labute approximate surface area is 143 Å². The fourth-order valence-corrected chi connectivity index (χ4v) is 2.93. The molecule has 2 N–H and O–H groups in total. The molecule has 4 aromatic heterocycles. The van der Waals surface area contributed by atoms with Crippen molar-refractivity contribution >= 4 is 39.1 Å². The smallest absolute Gasteiger partial charge is 0.143 e. The second-order valence-corrected chi connectivity index (χ2v) is 5.72. The summed E-state index contributed by atoms with van der Waals surface area (Å²) in [5.74, 6) is 0.718. The third-order valence-electron chi connectivity index (χ3n) is 4.08. The molecule has 0 fully saturated rings. The number of fused-ring (bicyclic) bond motifs is 3. The van der Waals surface area contributed by atoms with Crippen molar-refractivity contribution in [2.75, 3.05) is 23.9 Å². The van der Waals surface area contributed by atoms with Gasteiger partial charge in [0, 0.05) is 36.8 Å². The fourth-order valence-electron chi connectivity index (χ4n) is 2.93. The van der Waals surface area contributed by atoms with Gasteiger partial charge in [0.05, 0.1) is 29.3 Å². The maximum absolute atomic E-state index is 12.3. The van der Waals surface area contributed by atoms with E-state index in [1.54, 1.807) is 18.6 Å². The predicted molar refractivity (Wildman–Crippen MR) is 98.0 cm³/mol. The van der Waals surface area contributed by atoms with Crippen LogP contribution in [0.2, 0.25) is 0 Å². The van der Waals surface area contributed by atoms with E-state index in [1.165, 1.54) is 0 Å². The molecule has 6 nitrogen and oxygen atoms in total. The summed E-state index contributed by atoms with van der Waals surface area (Å²) < 4.78 is 14.3. The van der Waals surface area contributed by atoms with Crippen LogP contribution in [0.1, 0.15) is 0 Å². The largest absolute Gasteiger partial charge is 0.381 e. The molecular weight excluding hydrogens is 319 g/mol. The van der Waals surface area contributed by atoms with Gasteiger partial charge >= 0.3 is 0 Å². The van der Waals surface area contributed by atoms with E-state index in [-0.39, 0.29) is 6.54 Å². The number of nitrogens with one attached hydrogen (secondary N) is 2. The van der Waals surface area contributed by atoms with Crippen molar-refractivity contribution in [2.45, 2.75) is 0 Å². The van der Waals surface area contributed by atoms with Gasteiger partial charge in [-0.15, -0.1) is 0 Å². The number of rotatable bonds is 5.